The summed E-state index contributed by atoms with van der Waals surface area (Å²) >= 11 is 0. The van der Waals surface area contributed by atoms with Crippen molar-refractivity contribution in [3.63, 3.8) is 0 Å². The van der Waals surface area contributed by atoms with Gasteiger partial charge in [0.25, 0.3) is 0 Å². The smallest absolute Gasteiger partial charge is 0.0594 e. The Kier molecular flexibility index (Phi) is 11.3. The molecule has 0 aromatic carbocycles. The van der Waals surface area contributed by atoms with E-state index >= 15 is 0 Å². The number of ether oxygens (including phenoxy) is 1. The summed E-state index contributed by atoms with van der Waals surface area (Å²) in [6.45, 7) is 12.6. The SMILES string of the molecule is CCCCCCCC(C)CCCC(C)CN1CCOCC1. The van der Waals surface area contributed by atoms with Crippen LogP contribution >= 0.6 is 0 Å². The summed E-state index contributed by atoms with van der Waals surface area (Å²) in [6.07, 6.45) is 12.8. The lowest BCUT2D eigenvalue weighted by atomic mass is 9.94. The predicted molar refractivity (Wildman–Crippen MR) is 92.8 cm³/mol. The number of hydrogen-bond donors (Lipinski definition) is 0. The highest BCUT2D eigenvalue weighted by atomic mass is 16.5. The average molecular weight is 298 g/mol. The molecule has 2 heteroatoms. The van der Waals surface area contributed by atoms with Gasteiger partial charge in [-0.3, -0.25) is 4.90 Å². The highest BCUT2D eigenvalue weighted by Crippen LogP contribution is 2.19. The van der Waals surface area contributed by atoms with Crippen LogP contribution in [0.2, 0.25) is 0 Å². The maximum atomic E-state index is 5.41. The molecule has 0 aromatic heterocycles. The van der Waals surface area contributed by atoms with Crippen LogP contribution in [0.3, 0.4) is 0 Å². The molecule has 0 saturated carbocycles. The van der Waals surface area contributed by atoms with Gasteiger partial charge >= 0.3 is 0 Å². The van der Waals surface area contributed by atoms with Crippen molar-refractivity contribution in [3.05, 3.63) is 0 Å². The van der Waals surface area contributed by atoms with Crippen molar-refractivity contribution in [1.29, 1.82) is 0 Å². The van der Waals surface area contributed by atoms with Crippen LogP contribution in [0, 0.1) is 11.8 Å². The molecule has 0 N–H and O–H groups in total. The highest BCUT2D eigenvalue weighted by molar-refractivity contribution is 4.66. The normalized spacial score (nSPS) is 19.6. The highest BCUT2D eigenvalue weighted by Gasteiger charge is 2.13. The molecule has 2 unspecified atom stereocenters. The molecule has 21 heavy (non-hydrogen) atoms. The van der Waals surface area contributed by atoms with E-state index in [4.69, 9.17) is 4.74 Å². The largest absolute Gasteiger partial charge is 0.379 e. The zero-order valence-electron chi connectivity index (χ0n) is 14.9. The standard InChI is InChI=1S/C19H39NO/c1-4-5-6-7-8-10-18(2)11-9-12-19(3)17-20-13-15-21-16-14-20/h18-19H,4-17H2,1-3H3. The van der Waals surface area contributed by atoms with Crippen LogP contribution in [-0.2, 0) is 4.74 Å². The molecular formula is C19H39NO. The van der Waals surface area contributed by atoms with Crippen molar-refractivity contribution in [2.24, 2.45) is 11.8 Å². The summed E-state index contributed by atoms with van der Waals surface area (Å²) in [6, 6.07) is 0. The van der Waals surface area contributed by atoms with Gasteiger partial charge in [0.1, 0.15) is 0 Å². The lowest BCUT2D eigenvalue weighted by Gasteiger charge is -2.29. The maximum absolute atomic E-state index is 5.41. The lowest BCUT2D eigenvalue weighted by molar-refractivity contribution is 0.0310. The minimum absolute atomic E-state index is 0.847. The van der Waals surface area contributed by atoms with Crippen LogP contribution in [0.15, 0.2) is 0 Å². The fraction of sp³-hybridized carbons (Fsp3) is 1.00. The van der Waals surface area contributed by atoms with Crippen LogP contribution in [0.25, 0.3) is 0 Å². The summed E-state index contributed by atoms with van der Waals surface area (Å²) in [4.78, 5) is 2.57. The van der Waals surface area contributed by atoms with Gasteiger partial charge in [0, 0.05) is 19.6 Å². The van der Waals surface area contributed by atoms with E-state index in [1.54, 1.807) is 0 Å². The second-order valence-electron chi connectivity index (χ2n) is 7.26. The molecule has 1 aliphatic rings. The Bertz CT molecular complexity index is 226. The Morgan fingerprint density at radius 3 is 2.14 bits per heavy atom. The molecule has 0 radical (unpaired) electrons. The number of unbranched alkanes of at least 4 members (excludes halogenated alkanes) is 4. The second-order valence-corrected chi connectivity index (χ2v) is 7.26. The van der Waals surface area contributed by atoms with Crippen LogP contribution in [-0.4, -0.2) is 37.7 Å². The van der Waals surface area contributed by atoms with Crippen molar-refractivity contribution in [2.75, 3.05) is 32.8 Å². The van der Waals surface area contributed by atoms with Crippen LogP contribution in [0.4, 0.5) is 0 Å². The van der Waals surface area contributed by atoms with Crippen molar-refractivity contribution < 1.29 is 4.74 Å². The van der Waals surface area contributed by atoms with E-state index in [0.717, 1.165) is 38.1 Å². The molecule has 0 aliphatic carbocycles. The second kappa shape index (κ2) is 12.5. The molecule has 1 fully saturated rings. The molecule has 1 rings (SSSR count). The van der Waals surface area contributed by atoms with E-state index in [1.165, 1.54) is 64.3 Å². The fourth-order valence-corrected chi connectivity index (χ4v) is 3.37. The summed E-state index contributed by atoms with van der Waals surface area (Å²) in [5, 5.41) is 0. The summed E-state index contributed by atoms with van der Waals surface area (Å²) in [5.74, 6) is 1.78. The predicted octanol–water partition coefficient (Wildman–Crippen LogP) is 5.12. The number of hydrogen-bond acceptors (Lipinski definition) is 2. The molecule has 0 bridgehead atoms. The summed E-state index contributed by atoms with van der Waals surface area (Å²) in [7, 11) is 0. The topological polar surface area (TPSA) is 12.5 Å². The number of rotatable bonds is 12. The Labute approximate surface area is 133 Å². The van der Waals surface area contributed by atoms with E-state index in [2.05, 4.69) is 25.7 Å². The molecule has 2 nitrogen and oxygen atoms in total. The first-order valence-corrected chi connectivity index (χ1v) is 9.52. The van der Waals surface area contributed by atoms with Gasteiger partial charge in [0.05, 0.1) is 13.2 Å². The molecule has 1 heterocycles. The monoisotopic (exact) mass is 297 g/mol. The molecule has 0 aromatic rings. The minimum atomic E-state index is 0.847. The summed E-state index contributed by atoms with van der Waals surface area (Å²) in [5.41, 5.74) is 0. The Balaban J connectivity index is 1.93. The molecule has 126 valence electrons. The number of morpholine rings is 1. The minimum Gasteiger partial charge on any atom is -0.379 e. The molecule has 0 amide bonds. The van der Waals surface area contributed by atoms with Gasteiger partial charge < -0.3 is 4.74 Å². The van der Waals surface area contributed by atoms with Gasteiger partial charge in [0.2, 0.25) is 0 Å². The molecule has 1 aliphatic heterocycles. The summed E-state index contributed by atoms with van der Waals surface area (Å²) < 4.78 is 5.41. The van der Waals surface area contributed by atoms with E-state index in [9.17, 15) is 0 Å². The molecule has 1 saturated heterocycles. The maximum Gasteiger partial charge on any atom is 0.0594 e. The Morgan fingerprint density at radius 1 is 0.810 bits per heavy atom. The van der Waals surface area contributed by atoms with Gasteiger partial charge in [-0.1, -0.05) is 72.1 Å². The van der Waals surface area contributed by atoms with E-state index in [-0.39, 0.29) is 0 Å². The number of nitrogens with zero attached hydrogens (tertiary/aromatic N) is 1. The third-order valence-corrected chi connectivity index (χ3v) is 4.87. The van der Waals surface area contributed by atoms with Crippen molar-refractivity contribution >= 4 is 0 Å². The fourth-order valence-electron chi connectivity index (χ4n) is 3.37. The third-order valence-electron chi connectivity index (χ3n) is 4.87. The van der Waals surface area contributed by atoms with Crippen LogP contribution in [0.5, 0.6) is 0 Å². The third kappa shape index (κ3) is 10.3. The van der Waals surface area contributed by atoms with Gasteiger partial charge in [-0.25, -0.2) is 0 Å². The molecule has 0 spiro atoms. The van der Waals surface area contributed by atoms with Gasteiger partial charge in [0.15, 0.2) is 0 Å². The first kappa shape index (κ1) is 19.0. The van der Waals surface area contributed by atoms with Crippen molar-refractivity contribution in [2.45, 2.75) is 78.6 Å². The molecule has 2 atom stereocenters. The van der Waals surface area contributed by atoms with Crippen molar-refractivity contribution in [1.82, 2.24) is 4.90 Å². The first-order chi connectivity index (χ1) is 10.2. The quantitative estimate of drug-likeness (QED) is 0.463. The van der Waals surface area contributed by atoms with Crippen LogP contribution in [0.1, 0.15) is 78.6 Å². The Morgan fingerprint density at radius 2 is 1.43 bits per heavy atom. The van der Waals surface area contributed by atoms with Gasteiger partial charge in [-0.05, 0) is 18.3 Å². The Hall–Kier alpha value is -0.0800. The average Bonchev–Trinajstić information content (AvgIpc) is 2.48. The zero-order chi connectivity index (χ0) is 15.3. The van der Waals surface area contributed by atoms with E-state index in [0.29, 0.717) is 0 Å². The van der Waals surface area contributed by atoms with Gasteiger partial charge in [-0.15, -0.1) is 0 Å². The van der Waals surface area contributed by atoms with E-state index in [1.807, 2.05) is 0 Å². The first-order valence-electron chi connectivity index (χ1n) is 9.52. The van der Waals surface area contributed by atoms with Crippen molar-refractivity contribution in [3.8, 4) is 0 Å². The van der Waals surface area contributed by atoms with Crippen LogP contribution < -0.4 is 0 Å². The zero-order valence-corrected chi connectivity index (χ0v) is 14.9. The molecular weight excluding hydrogens is 258 g/mol. The van der Waals surface area contributed by atoms with E-state index < -0.39 is 0 Å². The van der Waals surface area contributed by atoms with Gasteiger partial charge in [-0.2, -0.15) is 0 Å². The lowest BCUT2D eigenvalue weighted by Crippen LogP contribution is -2.38.